The Morgan fingerprint density at radius 1 is 1.07 bits per heavy atom. The number of nitrogens with zero attached hydrogens (tertiary/aromatic N) is 4. The van der Waals surface area contributed by atoms with Crippen molar-refractivity contribution in [1.82, 2.24) is 20.3 Å². The Balaban J connectivity index is 1.23. The van der Waals surface area contributed by atoms with Gasteiger partial charge in [0.05, 0.1) is 53.5 Å². The first kappa shape index (κ1) is 30.7. The van der Waals surface area contributed by atoms with Gasteiger partial charge in [0, 0.05) is 36.7 Å². The number of halogens is 3. The van der Waals surface area contributed by atoms with E-state index in [1.54, 1.807) is 12.3 Å². The van der Waals surface area contributed by atoms with Gasteiger partial charge in [0.25, 0.3) is 12.3 Å². The standard InChI is InChI=1S/C31H30F3N5O5S/c1-17-15-39(16-18(2)44-17)28-5-3-4-23(38-28)24-7-6-19-13-35-21(12-25(19)37-24)14-36-31(40)20-10-22(30(33)34)29-26(11-20)45(41,42)27(32)8-9-43-29/h3-7,10-13,17-18,27,30H,8-9,14-16H2,1-2H3,(H,36,40)/t17-,18+,27-/m1/s1. The molecule has 1 saturated heterocycles. The third-order valence-electron chi connectivity index (χ3n) is 7.62. The zero-order chi connectivity index (χ0) is 31.9. The molecule has 4 aromatic rings. The average molecular weight is 642 g/mol. The van der Waals surface area contributed by atoms with Gasteiger partial charge in [-0.2, -0.15) is 0 Å². The third kappa shape index (κ3) is 6.29. The summed E-state index contributed by atoms with van der Waals surface area (Å²) < 4.78 is 78.4. The first-order chi connectivity index (χ1) is 21.5. The monoisotopic (exact) mass is 641 g/mol. The van der Waals surface area contributed by atoms with Crippen LogP contribution in [-0.4, -0.2) is 66.7 Å². The van der Waals surface area contributed by atoms with Crippen LogP contribution in [0.5, 0.6) is 5.75 Å². The van der Waals surface area contributed by atoms with E-state index in [4.69, 9.17) is 19.4 Å². The molecule has 0 aliphatic carbocycles. The van der Waals surface area contributed by atoms with Gasteiger partial charge in [-0.15, -0.1) is 0 Å². The first-order valence-corrected chi connectivity index (χ1v) is 15.9. The van der Waals surface area contributed by atoms with E-state index in [0.717, 1.165) is 36.4 Å². The number of hydrogen-bond donors (Lipinski definition) is 1. The fraction of sp³-hybridized carbons (Fsp3) is 0.355. The van der Waals surface area contributed by atoms with Crippen LogP contribution in [0.1, 0.15) is 48.3 Å². The summed E-state index contributed by atoms with van der Waals surface area (Å²) in [6, 6.07) is 12.9. The highest BCUT2D eigenvalue weighted by atomic mass is 32.2. The molecule has 14 heteroatoms. The molecular weight excluding hydrogens is 611 g/mol. The average Bonchev–Trinajstić information content (AvgIpc) is 3.13. The van der Waals surface area contributed by atoms with Crippen molar-refractivity contribution in [2.45, 2.75) is 55.8 Å². The van der Waals surface area contributed by atoms with Crippen LogP contribution in [0.2, 0.25) is 0 Å². The lowest BCUT2D eigenvalue weighted by Gasteiger charge is -2.36. The highest BCUT2D eigenvalue weighted by Crippen LogP contribution is 2.40. The number of pyridine rings is 3. The Kier molecular flexibility index (Phi) is 8.35. The predicted octanol–water partition coefficient (Wildman–Crippen LogP) is 5.02. The van der Waals surface area contributed by atoms with Crippen molar-refractivity contribution in [3.05, 3.63) is 71.5 Å². The van der Waals surface area contributed by atoms with Crippen LogP contribution in [0.4, 0.5) is 19.0 Å². The largest absolute Gasteiger partial charge is 0.492 e. The summed E-state index contributed by atoms with van der Waals surface area (Å²) in [6.45, 7) is 5.00. The molecule has 1 aromatic carbocycles. The molecule has 45 heavy (non-hydrogen) atoms. The van der Waals surface area contributed by atoms with Crippen molar-refractivity contribution in [3.8, 4) is 17.1 Å². The summed E-state index contributed by atoms with van der Waals surface area (Å²) in [7, 11) is -4.64. The number of carbonyl (C=O) groups is 1. The number of carbonyl (C=O) groups excluding carboxylic acids is 1. The zero-order valence-corrected chi connectivity index (χ0v) is 25.2. The number of sulfone groups is 1. The van der Waals surface area contributed by atoms with Gasteiger partial charge >= 0.3 is 0 Å². The minimum Gasteiger partial charge on any atom is -0.492 e. The summed E-state index contributed by atoms with van der Waals surface area (Å²) in [5.74, 6) is -0.650. The van der Waals surface area contributed by atoms with Crippen LogP contribution in [0, 0.1) is 0 Å². The quantitative estimate of drug-likeness (QED) is 0.309. The predicted molar refractivity (Wildman–Crippen MR) is 160 cm³/mol. The molecule has 3 aromatic heterocycles. The van der Waals surface area contributed by atoms with Crippen molar-refractivity contribution in [2.24, 2.45) is 0 Å². The van der Waals surface area contributed by atoms with Crippen LogP contribution < -0.4 is 15.0 Å². The molecule has 0 bridgehead atoms. The van der Waals surface area contributed by atoms with E-state index in [1.165, 1.54) is 0 Å². The molecule has 1 amide bonds. The highest BCUT2D eigenvalue weighted by Gasteiger charge is 2.37. The minimum absolute atomic E-state index is 0.0807. The molecule has 2 aliphatic rings. The van der Waals surface area contributed by atoms with E-state index in [9.17, 15) is 26.4 Å². The SMILES string of the molecule is C[C@@H]1CN(c2cccc(-c3ccc4cnc(CNC(=O)c5cc(C(F)F)c6c(c5)S(=O)(=O)[C@@H](F)CCO6)cc4n3)n2)C[C@H](C)O1. The first-order valence-electron chi connectivity index (χ1n) is 14.4. The Labute approximate surface area is 257 Å². The van der Waals surface area contributed by atoms with Gasteiger partial charge in [0.1, 0.15) is 16.5 Å². The second-order valence-electron chi connectivity index (χ2n) is 11.1. The number of fused-ring (bicyclic) bond motifs is 2. The van der Waals surface area contributed by atoms with Gasteiger partial charge in [-0.3, -0.25) is 9.78 Å². The maximum absolute atomic E-state index is 14.4. The summed E-state index contributed by atoms with van der Waals surface area (Å²) in [5.41, 5.74) is -1.18. The van der Waals surface area contributed by atoms with Crippen LogP contribution in [0.25, 0.3) is 22.3 Å². The zero-order valence-electron chi connectivity index (χ0n) is 24.4. The third-order valence-corrected chi connectivity index (χ3v) is 9.44. The molecule has 0 saturated carbocycles. The lowest BCUT2D eigenvalue weighted by Crippen LogP contribution is -2.45. The highest BCUT2D eigenvalue weighted by molar-refractivity contribution is 7.92. The van der Waals surface area contributed by atoms with E-state index in [2.05, 4.69) is 15.2 Å². The van der Waals surface area contributed by atoms with E-state index in [-0.39, 0.29) is 24.3 Å². The number of amides is 1. The molecule has 0 unspecified atom stereocenters. The number of nitrogens with one attached hydrogen (secondary N) is 1. The number of hydrogen-bond acceptors (Lipinski definition) is 9. The number of aromatic nitrogens is 3. The van der Waals surface area contributed by atoms with Crippen molar-refractivity contribution < 1.29 is 35.9 Å². The molecule has 3 atom stereocenters. The normalized spacial score (nSPS) is 21.2. The number of benzene rings is 1. The number of anilines is 1. The fourth-order valence-corrected chi connectivity index (χ4v) is 6.92. The maximum atomic E-state index is 14.4. The van der Waals surface area contributed by atoms with Gasteiger partial charge in [-0.05, 0) is 56.3 Å². The van der Waals surface area contributed by atoms with Gasteiger partial charge in [0.15, 0.2) is 0 Å². The van der Waals surface area contributed by atoms with Crippen molar-refractivity contribution in [1.29, 1.82) is 0 Å². The summed E-state index contributed by atoms with van der Waals surface area (Å²) >= 11 is 0. The van der Waals surface area contributed by atoms with Crippen LogP contribution >= 0.6 is 0 Å². The minimum atomic E-state index is -4.64. The van der Waals surface area contributed by atoms with Gasteiger partial charge in [0.2, 0.25) is 15.3 Å². The molecule has 1 fully saturated rings. The van der Waals surface area contributed by atoms with Crippen LogP contribution in [0.15, 0.2) is 59.6 Å². The molecule has 2 aliphatic heterocycles. The molecule has 0 radical (unpaired) electrons. The Bertz CT molecular complexity index is 1870. The van der Waals surface area contributed by atoms with E-state index in [0.29, 0.717) is 22.6 Å². The molecule has 1 N–H and O–H groups in total. The topological polar surface area (TPSA) is 124 Å². The number of alkyl halides is 3. The second kappa shape index (κ2) is 12.2. The Morgan fingerprint density at radius 2 is 1.82 bits per heavy atom. The molecule has 5 heterocycles. The van der Waals surface area contributed by atoms with Gasteiger partial charge < -0.3 is 19.7 Å². The van der Waals surface area contributed by atoms with Crippen LogP contribution in [-0.2, 0) is 21.1 Å². The van der Waals surface area contributed by atoms with E-state index < -0.39 is 56.9 Å². The summed E-state index contributed by atoms with van der Waals surface area (Å²) in [4.78, 5) is 28.4. The molecule has 236 valence electrons. The molecule has 10 nitrogen and oxygen atoms in total. The number of ether oxygens (including phenoxy) is 2. The number of morpholine rings is 1. The summed E-state index contributed by atoms with van der Waals surface area (Å²) in [5, 5.41) is 3.32. The van der Waals surface area contributed by atoms with Crippen LogP contribution in [0.3, 0.4) is 0 Å². The summed E-state index contributed by atoms with van der Waals surface area (Å²) in [6.07, 6.45) is -1.92. The van der Waals surface area contributed by atoms with Gasteiger partial charge in [-0.25, -0.2) is 31.6 Å². The Hall–Kier alpha value is -4.30. The lowest BCUT2D eigenvalue weighted by molar-refractivity contribution is -0.00545. The number of rotatable bonds is 6. The fourth-order valence-electron chi connectivity index (χ4n) is 5.51. The smallest absolute Gasteiger partial charge is 0.267 e. The van der Waals surface area contributed by atoms with E-state index >= 15 is 0 Å². The van der Waals surface area contributed by atoms with E-state index in [1.807, 2.05) is 44.2 Å². The maximum Gasteiger partial charge on any atom is 0.267 e. The molecule has 6 rings (SSSR count). The van der Waals surface area contributed by atoms with Gasteiger partial charge in [-0.1, -0.05) is 6.07 Å². The molecular formula is C31H30F3N5O5S. The lowest BCUT2D eigenvalue weighted by atomic mass is 10.1. The van der Waals surface area contributed by atoms with Crippen molar-refractivity contribution >= 4 is 32.5 Å². The second-order valence-corrected chi connectivity index (χ2v) is 13.1. The van der Waals surface area contributed by atoms with Crippen molar-refractivity contribution in [2.75, 3.05) is 24.6 Å². The Morgan fingerprint density at radius 3 is 2.58 bits per heavy atom. The van der Waals surface area contributed by atoms with Crippen molar-refractivity contribution in [3.63, 3.8) is 0 Å². The molecule has 0 spiro atoms.